The summed E-state index contributed by atoms with van der Waals surface area (Å²) in [5.41, 5.74) is 5.95. The molecule has 0 saturated carbocycles. The van der Waals surface area contributed by atoms with Gasteiger partial charge in [-0.1, -0.05) is 32.7 Å². The minimum atomic E-state index is -0.591. The van der Waals surface area contributed by atoms with E-state index in [4.69, 9.17) is 27.3 Å². The molecule has 0 bridgehead atoms. The van der Waals surface area contributed by atoms with Crippen LogP contribution in [0.1, 0.15) is 5.56 Å². The Morgan fingerprint density at radius 3 is 2.70 bits per heavy atom. The molecular weight excluding hydrogens is 351 g/mol. The number of halogens is 3. The molecule has 0 heterocycles. The Balaban J connectivity index is 2.40. The van der Waals surface area contributed by atoms with Gasteiger partial charge in [0.15, 0.2) is 5.84 Å². The standard InChI is InChI=1S/C13H9BrClFN2O2/c14-7-1-4-12(9(5-7)13(17)18-19)20-8-2-3-10(15)11(16)6-8/h1-6,19H,(H2,17,18). The largest absolute Gasteiger partial charge is 0.456 e. The molecule has 0 spiro atoms. The topological polar surface area (TPSA) is 67.8 Å². The predicted octanol–water partition coefficient (Wildman–Crippen LogP) is 4.13. The smallest absolute Gasteiger partial charge is 0.173 e. The molecule has 0 saturated heterocycles. The van der Waals surface area contributed by atoms with Gasteiger partial charge in [0.1, 0.15) is 17.3 Å². The summed E-state index contributed by atoms with van der Waals surface area (Å²) in [6.45, 7) is 0. The summed E-state index contributed by atoms with van der Waals surface area (Å²) in [6, 6.07) is 9.01. The zero-order valence-electron chi connectivity index (χ0n) is 9.98. The maximum absolute atomic E-state index is 13.4. The van der Waals surface area contributed by atoms with E-state index in [9.17, 15) is 4.39 Å². The minimum absolute atomic E-state index is 0.00446. The lowest BCUT2D eigenvalue weighted by Gasteiger charge is -2.11. The van der Waals surface area contributed by atoms with Gasteiger partial charge in [0, 0.05) is 10.5 Å². The maximum Gasteiger partial charge on any atom is 0.173 e. The Hall–Kier alpha value is -1.79. The summed E-state index contributed by atoms with van der Waals surface area (Å²) in [5, 5.41) is 11.7. The van der Waals surface area contributed by atoms with Crippen LogP contribution in [0.5, 0.6) is 11.5 Å². The number of hydrogen-bond acceptors (Lipinski definition) is 3. The number of benzene rings is 2. The Morgan fingerprint density at radius 1 is 1.30 bits per heavy atom. The highest BCUT2D eigenvalue weighted by molar-refractivity contribution is 9.10. The van der Waals surface area contributed by atoms with E-state index in [0.717, 1.165) is 10.5 Å². The molecule has 0 unspecified atom stereocenters. The van der Waals surface area contributed by atoms with Crippen molar-refractivity contribution in [2.24, 2.45) is 10.9 Å². The second-order valence-electron chi connectivity index (χ2n) is 3.80. The SMILES string of the molecule is N/C(=N/O)c1cc(Br)ccc1Oc1ccc(Cl)c(F)c1. The number of oxime groups is 1. The highest BCUT2D eigenvalue weighted by Gasteiger charge is 2.11. The van der Waals surface area contributed by atoms with Gasteiger partial charge < -0.3 is 15.7 Å². The van der Waals surface area contributed by atoms with Gasteiger partial charge in [-0.25, -0.2) is 4.39 Å². The van der Waals surface area contributed by atoms with Gasteiger partial charge in [-0.15, -0.1) is 0 Å². The Labute approximate surface area is 127 Å². The lowest BCUT2D eigenvalue weighted by atomic mass is 10.2. The molecule has 2 aromatic carbocycles. The lowest BCUT2D eigenvalue weighted by Crippen LogP contribution is -2.14. The molecular formula is C13H9BrClFN2O2. The van der Waals surface area contributed by atoms with Crippen LogP contribution in [-0.4, -0.2) is 11.0 Å². The van der Waals surface area contributed by atoms with Gasteiger partial charge in [0.05, 0.1) is 10.6 Å². The van der Waals surface area contributed by atoms with Crippen LogP contribution < -0.4 is 10.5 Å². The van der Waals surface area contributed by atoms with Gasteiger partial charge in [-0.05, 0) is 30.3 Å². The van der Waals surface area contributed by atoms with Gasteiger partial charge in [0.2, 0.25) is 0 Å². The molecule has 3 N–H and O–H groups in total. The van der Waals surface area contributed by atoms with Crippen molar-refractivity contribution in [2.75, 3.05) is 0 Å². The molecule has 4 nitrogen and oxygen atoms in total. The monoisotopic (exact) mass is 358 g/mol. The Morgan fingerprint density at radius 2 is 2.05 bits per heavy atom. The summed E-state index contributed by atoms with van der Waals surface area (Å²) < 4.78 is 19.6. The molecule has 20 heavy (non-hydrogen) atoms. The van der Waals surface area contributed by atoms with Crippen LogP contribution in [0, 0.1) is 5.82 Å². The van der Waals surface area contributed by atoms with E-state index in [1.165, 1.54) is 12.1 Å². The first-order chi connectivity index (χ1) is 9.51. The molecule has 0 aromatic heterocycles. The Kier molecular flexibility index (Phi) is 4.46. The first-order valence-electron chi connectivity index (χ1n) is 5.41. The molecule has 0 aliphatic rings. The van der Waals surface area contributed by atoms with E-state index in [1.54, 1.807) is 18.2 Å². The summed E-state index contributed by atoms with van der Waals surface area (Å²) in [4.78, 5) is 0. The normalized spacial score (nSPS) is 11.4. The third-order valence-corrected chi connectivity index (χ3v) is 3.24. The van der Waals surface area contributed by atoms with Gasteiger partial charge in [-0.3, -0.25) is 0 Å². The molecule has 0 atom stereocenters. The maximum atomic E-state index is 13.4. The molecule has 0 amide bonds. The van der Waals surface area contributed by atoms with Crippen molar-refractivity contribution >= 4 is 33.4 Å². The molecule has 2 rings (SSSR count). The number of amidine groups is 1. The average Bonchev–Trinajstić information content (AvgIpc) is 2.44. The minimum Gasteiger partial charge on any atom is -0.456 e. The third kappa shape index (κ3) is 3.20. The number of nitrogens with zero attached hydrogens (tertiary/aromatic N) is 1. The van der Waals surface area contributed by atoms with Crippen molar-refractivity contribution in [2.45, 2.75) is 0 Å². The fourth-order valence-corrected chi connectivity index (χ4v) is 1.99. The lowest BCUT2D eigenvalue weighted by molar-refractivity contribution is 0.318. The first kappa shape index (κ1) is 14.6. The van der Waals surface area contributed by atoms with Crippen molar-refractivity contribution in [1.82, 2.24) is 0 Å². The van der Waals surface area contributed by atoms with Gasteiger partial charge in [0.25, 0.3) is 0 Å². The van der Waals surface area contributed by atoms with E-state index in [0.29, 0.717) is 11.3 Å². The summed E-state index contributed by atoms with van der Waals surface area (Å²) in [6.07, 6.45) is 0. The van der Waals surface area contributed by atoms with Crippen LogP contribution in [0.25, 0.3) is 0 Å². The van der Waals surface area contributed by atoms with Crippen molar-refractivity contribution in [1.29, 1.82) is 0 Å². The summed E-state index contributed by atoms with van der Waals surface area (Å²) in [5.74, 6) is -0.131. The number of nitrogens with two attached hydrogens (primary N) is 1. The molecule has 104 valence electrons. The number of ether oxygens (including phenoxy) is 1. The summed E-state index contributed by atoms with van der Waals surface area (Å²) in [7, 11) is 0. The van der Waals surface area contributed by atoms with Crippen molar-refractivity contribution in [3.8, 4) is 11.5 Å². The molecule has 0 fully saturated rings. The number of rotatable bonds is 3. The molecule has 0 aliphatic carbocycles. The van der Waals surface area contributed by atoms with Crippen molar-refractivity contribution in [3.05, 3.63) is 57.3 Å². The van der Waals surface area contributed by atoms with Crippen molar-refractivity contribution in [3.63, 3.8) is 0 Å². The third-order valence-electron chi connectivity index (χ3n) is 2.44. The van der Waals surface area contributed by atoms with E-state index in [2.05, 4.69) is 21.1 Å². The van der Waals surface area contributed by atoms with E-state index in [-0.39, 0.29) is 16.6 Å². The van der Waals surface area contributed by atoms with Crippen molar-refractivity contribution < 1.29 is 14.3 Å². The Bertz CT molecular complexity index is 679. The molecule has 0 radical (unpaired) electrons. The molecule has 2 aromatic rings. The summed E-state index contributed by atoms with van der Waals surface area (Å²) >= 11 is 8.87. The van der Waals surface area contributed by atoms with E-state index >= 15 is 0 Å². The fourth-order valence-electron chi connectivity index (χ4n) is 1.51. The second kappa shape index (κ2) is 6.11. The van der Waals surface area contributed by atoms with E-state index < -0.39 is 5.82 Å². The van der Waals surface area contributed by atoms with E-state index in [1.807, 2.05) is 0 Å². The van der Waals surface area contributed by atoms with Crippen LogP contribution in [0.15, 0.2) is 46.0 Å². The molecule has 0 aliphatic heterocycles. The second-order valence-corrected chi connectivity index (χ2v) is 5.13. The zero-order valence-corrected chi connectivity index (χ0v) is 12.3. The van der Waals surface area contributed by atoms with Crippen LogP contribution >= 0.6 is 27.5 Å². The molecule has 7 heteroatoms. The highest BCUT2D eigenvalue weighted by atomic mass is 79.9. The van der Waals surface area contributed by atoms with Crippen LogP contribution in [0.4, 0.5) is 4.39 Å². The quantitative estimate of drug-likeness (QED) is 0.375. The van der Waals surface area contributed by atoms with Crippen LogP contribution in [-0.2, 0) is 0 Å². The average molecular weight is 360 g/mol. The van der Waals surface area contributed by atoms with Crippen LogP contribution in [0.3, 0.4) is 0 Å². The zero-order chi connectivity index (χ0) is 14.7. The van der Waals surface area contributed by atoms with Gasteiger partial charge >= 0.3 is 0 Å². The predicted molar refractivity (Wildman–Crippen MR) is 78.1 cm³/mol. The van der Waals surface area contributed by atoms with Gasteiger partial charge in [-0.2, -0.15) is 0 Å². The number of hydrogen-bond donors (Lipinski definition) is 2. The van der Waals surface area contributed by atoms with Crippen LogP contribution in [0.2, 0.25) is 5.02 Å². The first-order valence-corrected chi connectivity index (χ1v) is 6.58. The highest BCUT2D eigenvalue weighted by Crippen LogP contribution is 2.29. The fraction of sp³-hybridized carbons (Fsp3) is 0.